The lowest BCUT2D eigenvalue weighted by Crippen LogP contribution is -2.29. The first-order valence-corrected chi connectivity index (χ1v) is 8.74. The summed E-state index contributed by atoms with van der Waals surface area (Å²) in [7, 11) is 3.88. The summed E-state index contributed by atoms with van der Waals surface area (Å²) in [6.07, 6.45) is 3.99. The maximum Gasteiger partial charge on any atom is 0.248 e. The first-order chi connectivity index (χ1) is 11.5. The topological polar surface area (TPSA) is 7.12 Å². The second-order valence-corrected chi connectivity index (χ2v) is 7.27. The van der Waals surface area contributed by atoms with Crippen LogP contribution in [0.2, 0.25) is 5.02 Å². The van der Waals surface area contributed by atoms with Gasteiger partial charge in [0, 0.05) is 23.0 Å². The lowest BCUT2D eigenvalue weighted by molar-refractivity contribution is -0.645. The smallest absolute Gasteiger partial charge is 0.248 e. The van der Waals surface area contributed by atoms with Gasteiger partial charge in [0.25, 0.3) is 0 Å². The Labute approximate surface area is 149 Å². The maximum absolute atomic E-state index is 14.2. The van der Waals surface area contributed by atoms with Crippen molar-refractivity contribution in [3.8, 4) is 0 Å². The SMILES string of the molecule is CN1/C(=C/c2cc[n+](C)c3c(F)cccc23)Sc2ccc(Cl)cc21. The molecule has 0 N–H and O–H groups in total. The minimum atomic E-state index is -0.210. The third-order valence-electron chi connectivity index (χ3n) is 4.23. The van der Waals surface area contributed by atoms with Crippen LogP contribution >= 0.6 is 23.4 Å². The molecule has 0 atom stereocenters. The third kappa shape index (κ3) is 2.46. The molecule has 0 aliphatic carbocycles. The molecular formula is C19H15ClFN2S+. The first-order valence-electron chi connectivity index (χ1n) is 7.54. The molecule has 1 aliphatic heterocycles. The van der Waals surface area contributed by atoms with E-state index < -0.39 is 0 Å². The van der Waals surface area contributed by atoms with Crippen molar-refractivity contribution in [1.82, 2.24) is 0 Å². The van der Waals surface area contributed by atoms with Crippen molar-refractivity contribution in [3.05, 3.63) is 70.1 Å². The molecule has 2 nitrogen and oxygen atoms in total. The largest absolute Gasteiger partial charge is 0.338 e. The van der Waals surface area contributed by atoms with Crippen molar-refractivity contribution in [1.29, 1.82) is 0 Å². The molecular weight excluding hydrogens is 343 g/mol. The zero-order chi connectivity index (χ0) is 16.8. The monoisotopic (exact) mass is 357 g/mol. The van der Waals surface area contributed by atoms with Crippen LogP contribution in [0.4, 0.5) is 10.1 Å². The molecule has 4 rings (SSSR count). The highest BCUT2D eigenvalue weighted by molar-refractivity contribution is 8.03. The molecule has 0 bridgehead atoms. The molecule has 24 heavy (non-hydrogen) atoms. The van der Waals surface area contributed by atoms with Crippen molar-refractivity contribution >= 4 is 46.0 Å². The summed E-state index contributed by atoms with van der Waals surface area (Å²) >= 11 is 7.80. The Morgan fingerprint density at radius 2 is 2.04 bits per heavy atom. The number of aryl methyl sites for hydroxylation is 1. The molecule has 0 spiro atoms. The summed E-state index contributed by atoms with van der Waals surface area (Å²) in [6, 6.07) is 13.1. The van der Waals surface area contributed by atoms with E-state index >= 15 is 0 Å². The number of anilines is 1. The van der Waals surface area contributed by atoms with Crippen molar-refractivity contribution in [3.63, 3.8) is 0 Å². The number of halogens is 2. The van der Waals surface area contributed by atoms with Gasteiger partial charge >= 0.3 is 0 Å². The Bertz CT molecular complexity index is 992. The Hall–Kier alpha value is -2.04. The molecule has 120 valence electrons. The van der Waals surface area contributed by atoms with E-state index in [2.05, 4.69) is 11.0 Å². The fraction of sp³-hybridized carbons (Fsp3) is 0.105. The van der Waals surface area contributed by atoms with Crippen molar-refractivity contribution in [2.75, 3.05) is 11.9 Å². The molecule has 0 saturated carbocycles. The van der Waals surface area contributed by atoms with Gasteiger partial charge in [-0.05, 0) is 42.0 Å². The normalized spacial score (nSPS) is 15.3. The Kier molecular flexibility index (Phi) is 3.74. The van der Waals surface area contributed by atoms with Gasteiger partial charge in [-0.3, -0.25) is 0 Å². The lowest BCUT2D eigenvalue weighted by atomic mass is 10.1. The molecule has 5 heteroatoms. The van der Waals surface area contributed by atoms with Crippen LogP contribution in [0, 0.1) is 5.82 Å². The molecule has 0 unspecified atom stereocenters. The number of rotatable bonds is 1. The van der Waals surface area contributed by atoms with Crippen LogP contribution in [-0.4, -0.2) is 7.05 Å². The molecule has 0 saturated heterocycles. The fourth-order valence-electron chi connectivity index (χ4n) is 2.99. The van der Waals surface area contributed by atoms with Gasteiger partial charge in [0.15, 0.2) is 12.0 Å². The van der Waals surface area contributed by atoms with E-state index in [0.717, 1.165) is 26.7 Å². The molecule has 2 heterocycles. The van der Waals surface area contributed by atoms with Crippen molar-refractivity contribution in [2.45, 2.75) is 4.90 Å². The highest BCUT2D eigenvalue weighted by Crippen LogP contribution is 2.46. The molecule has 1 aromatic heterocycles. The van der Waals surface area contributed by atoms with E-state index in [1.807, 2.05) is 55.2 Å². The van der Waals surface area contributed by atoms with Crippen LogP contribution < -0.4 is 9.47 Å². The molecule has 1 aliphatic rings. The molecule has 3 aromatic rings. The molecule has 0 fully saturated rings. The summed E-state index contributed by atoms with van der Waals surface area (Å²) in [5.41, 5.74) is 2.70. The van der Waals surface area contributed by atoms with Gasteiger partial charge in [0.1, 0.15) is 7.05 Å². The minimum absolute atomic E-state index is 0.210. The van der Waals surface area contributed by atoms with Crippen molar-refractivity contribution in [2.24, 2.45) is 7.05 Å². The number of nitrogens with zero attached hydrogens (tertiary/aromatic N) is 2. The molecule has 2 aromatic carbocycles. The number of benzene rings is 2. The average Bonchev–Trinajstić information content (AvgIpc) is 2.86. The van der Waals surface area contributed by atoms with Gasteiger partial charge in [-0.25, -0.2) is 0 Å². The standard InChI is InChI=1S/C19H15ClFN2S/c1-22-9-8-12(14-4-3-5-15(21)19(14)22)10-18-23(2)16-11-13(20)6-7-17(16)24-18/h3-11H,1-2H3/q+1. The van der Waals surface area contributed by atoms with E-state index in [1.165, 1.54) is 11.0 Å². The van der Waals surface area contributed by atoms with Crippen LogP contribution in [0.15, 0.2) is 58.6 Å². The number of fused-ring (bicyclic) bond motifs is 2. The van der Waals surface area contributed by atoms with Gasteiger partial charge in [-0.2, -0.15) is 8.96 Å². The predicted octanol–water partition coefficient (Wildman–Crippen LogP) is 5.00. The minimum Gasteiger partial charge on any atom is -0.338 e. The quantitative estimate of drug-likeness (QED) is 0.566. The lowest BCUT2D eigenvalue weighted by Gasteiger charge is -2.14. The Balaban J connectivity index is 1.85. The second-order valence-electron chi connectivity index (χ2n) is 5.77. The van der Waals surface area contributed by atoms with Crippen LogP contribution in [0.3, 0.4) is 0 Å². The van der Waals surface area contributed by atoms with E-state index in [1.54, 1.807) is 17.8 Å². The van der Waals surface area contributed by atoms with E-state index in [-0.39, 0.29) is 5.82 Å². The number of thioether (sulfide) groups is 1. The average molecular weight is 358 g/mol. The third-order valence-corrected chi connectivity index (χ3v) is 5.64. The summed E-state index contributed by atoms with van der Waals surface area (Å²) in [5.74, 6) is -0.210. The van der Waals surface area contributed by atoms with Crippen LogP contribution in [-0.2, 0) is 7.05 Å². The maximum atomic E-state index is 14.2. The number of hydrogen-bond acceptors (Lipinski definition) is 2. The highest BCUT2D eigenvalue weighted by atomic mass is 35.5. The van der Waals surface area contributed by atoms with E-state index in [9.17, 15) is 4.39 Å². The zero-order valence-corrected chi connectivity index (χ0v) is 14.8. The predicted molar refractivity (Wildman–Crippen MR) is 98.8 cm³/mol. The van der Waals surface area contributed by atoms with Gasteiger partial charge in [-0.15, -0.1) is 0 Å². The summed E-state index contributed by atoms with van der Waals surface area (Å²) < 4.78 is 16.0. The highest BCUT2D eigenvalue weighted by Gasteiger charge is 2.23. The zero-order valence-electron chi connectivity index (χ0n) is 13.3. The van der Waals surface area contributed by atoms with Crippen LogP contribution in [0.5, 0.6) is 0 Å². The number of aromatic nitrogens is 1. The van der Waals surface area contributed by atoms with Crippen molar-refractivity contribution < 1.29 is 8.96 Å². The molecule has 0 amide bonds. The fourth-order valence-corrected chi connectivity index (χ4v) is 4.24. The first kappa shape index (κ1) is 15.5. The Morgan fingerprint density at radius 3 is 2.88 bits per heavy atom. The summed E-state index contributed by atoms with van der Waals surface area (Å²) in [5, 5.41) is 2.71. The number of pyridine rings is 1. The number of hydrogen-bond donors (Lipinski definition) is 0. The summed E-state index contributed by atoms with van der Waals surface area (Å²) in [6.45, 7) is 0. The molecule has 0 radical (unpaired) electrons. The number of para-hydroxylation sites is 1. The second kappa shape index (κ2) is 5.80. The Morgan fingerprint density at radius 1 is 1.21 bits per heavy atom. The van der Waals surface area contributed by atoms with Crippen LogP contribution in [0.25, 0.3) is 17.0 Å². The van der Waals surface area contributed by atoms with Gasteiger partial charge < -0.3 is 4.90 Å². The van der Waals surface area contributed by atoms with Gasteiger partial charge in [0.05, 0.1) is 16.1 Å². The van der Waals surface area contributed by atoms with Crippen LogP contribution in [0.1, 0.15) is 5.56 Å². The summed E-state index contributed by atoms with van der Waals surface area (Å²) in [4.78, 5) is 3.29. The van der Waals surface area contributed by atoms with Gasteiger partial charge in [0.2, 0.25) is 5.52 Å². The van der Waals surface area contributed by atoms with E-state index in [4.69, 9.17) is 11.6 Å². The van der Waals surface area contributed by atoms with E-state index in [0.29, 0.717) is 5.52 Å². The van der Waals surface area contributed by atoms with Gasteiger partial charge in [-0.1, -0.05) is 29.4 Å².